The van der Waals surface area contributed by atoms with Gasteiger partial charge in [-0.2, -0.15) is 0 Å². The van der Waals surface area contributed by atoms with E-state index in [0.29, 0.717) is 12.3 Å². The molecule has 0 unspecified atom stereocenters. The van der Waals surface area contributed by atoms with Gasteiger partial charge in [0.1, 0.15) is 6.61 Å². The summed E-state index contributed by atoms with van der Waals surface area (Å²) in [5, 5.41) is 8.38. The maximum atomic E-state index is 5.48. The minimum absolute atomic E-state index is 0.227. The molecule has 0 saturated carbocycles. The predicted octanol–water partition coefficient (Wildman–Crippen LogP) is 2.49. The van der Waals surface area contributed by atoms with Crippen LogP contribution in [0.25, 0.3) is 11.0 Å². The Morgan fingerprint density at radius 2 is 1.95 bits per heavy atom. The summed E-state index contributed by atoms with van der Waals surface area (Å²) in [6, 6.07) is 15.9. The average Bonchev–Trinajstić information content (AvgIpc) is 2.90. The molecule has 20 heavy (non-hydrogen) atoms. The molecular weight excluding hydrogens is 250 g/mol. The van der Waals surface area contributed by atoms with Gasteiger partial charge in [0, 0.05) is 0 Å². The number of ether oxygens (including phenoxy) is 1. The van der Waals surface area contributed by atoms with Crippen molar-refractivity contribution in [1.82, 2.24) is 15.0 Å². The smallest absolute Gasteiger partial charge is 0.155 e. The van der Waals surface area contributed by atoms with Crippen LogP contribution in [0.5, 0.6) is 5.75 Å². The third kappa shape index (κ3) is 2.34. The van der Waals surface area contributed by atoms with Crippen LogP contribution in [0.15, 0.2) is 48.5 Å². The Labute approximate surface area is 117 Å². The molecule has 1 aromatic heterocycles. The molecule has 2 aromatic carbocycles. The number of rotatable bonds is 4. The van der Waals surface area contributed by atoms with Gasteiger partial charge in [0.05, 0.1) is 12.1 Å². The molecule has 3 aromatic rings. The number of hydrogen-bond donors (Lipinski definition) is 0. The summed E-state index contributed by atoms with van der Waals surface area (Å²) < 4.78 is 7.33. The highest BCUT2D eigenvalue weighted by atomic mass is 16.5. The molecule has 0 radical (unpaired) electrons. The van der Waals surface area contributed by atoms with Gasteiger partial charge in [0.25, 0.3) is 0 Å². The average molecular weight is 263 g/mol. The van der Waals surface area contributed by atoms with E-state index in [-0.39, 0.29) is 6.61 Å². The fourth-order valence-electron chi connectivity index (χ4n) is 2.08. The molecular formula is C16H13N3O. The highest BCUT2D eigenvalue weighted by molar-refractivity contribution is 5.81. The second-order valence-corrected chi connectivity index (χ2v) is 4.35. The molecule has 0 aliphatic rings. The Balaban J connectivity index is 1.96. The molecule has 0 spiro atoms. The number of aromatic nitrogens is 3. The topological polar surface area (TPSA) is 39.9 Å². The Kier molecular flexibility index (Phi) is 3.34. The second kappa shape index (κ2) is 5.45. The number of benzene rings is 2. The lowest BCUT2D eigenvalue weighted by molar-refractivity contribution is 0.374. The molecule has 0 atom stereocenters. The molecule has 0 N–H and O–H groups in total. The van der Waals surface area contributed by atoms with E-state index in [1.807, 2.05) is 41.1 Å². The summed E-state index contributed by atoms with van der Waals surface area (Å²) in [7, 11) is 0. The van der Waals surface area contributed by atoms with Crippen LogP contribution in [-0.4, -0.2) is 21.6 Å². The number of hydrogen-bond acceptors (Lipinski definition) is 3. The van der Waals surface area contributed by atoms with E-state index in [9.17, 15) is 0 Å². The van der Waals surface area contributed by atoms with Crippen molar-refractivity contribution in [3.63, 3.8) is 0 Å². The SMILES string of the molecule is C#CCOc1cccc2c1nnn2Cc1ccccc1. The van der Waals surface area contributed by atoms with E-state index in [1.54, 1.807) is 0 Å². The molecule has 4 heteroatoms. The van der Waals surface area contributed by atoms with Gasteiger partial charge in [-0.1, -0.05) is 47.5 Å². The lowest BCUT2D eigenvalue weighted by Crippen LogP contribution is -2.01. The molecule has 1 heterocycles. The van der Waals surface area contributed by atoms with Crippen molar-refractivity contribution in [1.29, 1.82) is 0 Å². The quantitative estimate of drug-likeness (QED) is 0.679. The van der Waals surface area contributed by atoms with Crippen LogP contribution in [0.4, 0.5) is 0 Å². The van der Waals surface area contributed by atoms with Gasteiger partial charge in [-0.25, -0.2) is 4.68 Å². The molecule has 0 aliphatic carbocycles. The van der Waals surface area contributed by atoms with Crippen molar-refractivity contribution >= 4 is 11.0 Å². The van der Waals surface area contributed by atoms with Gasteiger partial charge in [0.2, 0.25) is 0 Å². The summed E-state index contributed by atoms with van der Waals surface area (Å²) in [4.78, 5) is 0. The first kappa shape index (κ1) is 12.2. The molecule has 0 aliphatic heterocycles. The second-order valence-electron chi connectivity index (χ2n) is 4.35. The standard InChI is InChI=1S/C16H13N3O/c1-2-11-20-15-10-6-9-14-16(15)17-18-19(14)12-13-7-4-3-5-8-13/h1,3-10H,11-12H2. The molecule has 0 bridgehead atoms. The maximum Gasteiger partial charge on any atom is 0.155 e. The van der Waals surface area contributed by atoms with Crippen molar-refractivity contribution in [3.05, 3.63) is 54.1 Å². The van der Waals surface area contributed by atoms with E-state index < -0.39 is 0 Å². The lowest BCUT2D eigenvalue weighted by atomic mass is 10.2. The molecule has 4 nitrogen and oxygen atoms in total. The first-order chi connectivity index (χ1) is 9.88. The van der Waals surface area contributed by atoms with Gasteiger partial charge >= 0.3 is 0 Å². The third-order valence-electron chi connectivity index (χ3n) is 2.99. The van der Waals surface area contributed by atoms with Crippen LogP contribution in [0.1, 0.15) is 5.56 Å². The van der Waals surface area contributed by atoms with Gasteiger partial charge in [-0.05, 0) is 17.7 Å². The Hall–Kier alpha value is -2.80. The maximum absolute atomic E-state index is 5.48. The van der Waals surface area contributed by atoms with Crippen molar-refractivity contribution in [2.24, 2.45) is 0 Å². The van der Waals surface area contributed by atoms with E-state index >= 15 is 0 Å². The minimum Gasteiger partial charge on any atom is -0.479 e. The fraction of sp³-hybridized carbons (Fsp3) is 0.125. The minimum atomic E-state index is 0.227. The van der Waals surface area contributed by atoms with Crippen molar-refractivity contribution in [3.8, 4) is 18.1 Å². The van der Waals surface area contributed by atoms with Crippen LogP contribution >= 0.6 is 0 Å². The van der Waals surface area contributed by atoms with Gasteiger partial charge in [-0.3, -0.25) is 0 Å². The Morgan fingerprint density at radius 1 is 1.10 bits per heavy atom. The summed E-state index contributed by atoms with van der Waals surface area (Å²) in [5.74, 6) is 3.12. The van der Waals surface area contributed by atoms with Gasteiger partial charge < -0.3 is 4.74 Å². The van der Waals surface area contributed by atoms with Gasteiger partial charge in [0.15, 0.2) is 11.3 Å². The largest absolute Gasteiger partial charge is 0.479 e. The van der Waals surface area contributed by atoms with E-state index in [4.69, 9.17) is 11.2 Å². The van der Waals surface area contributed by atoms with E-state index in [2.05, 4.69) is 28.4 Å². The predicted molar refractivity (Wildman–Crippen MR) is 77.4 cm³/mol. The summed E-state index contributed by atoms with van der Waals surface area (Å²) >= 11 is 0. The van der Waals surface area contributed by atoms with Crippen molar-refractivity contribution in [2.75, 3.05) is 6.61 Å². The van der Waals surface area contributed by atoms with Crippen LogP contribution in [0.3, 0.4) is 0 Å². The van der Waals surface area contributed by atoms with Crippen molar-refractivity contribution in [2.45, 2.75) is 6.54 Å². The fourth-order valence-corrected chi connectivity index (χ4v) is 2.08. The molecule has 0 amide bonds. The number of nitrogens with zero attached hydrogens (tertiary/aromatic N) is 3. The Bertz CT molecular complexity index is 756. The van der Waals surface area contributed by atoms with Crippen LogP contribution < -0.4 is 4.74 Å². The zero-order chi connectivity index (χ0) is 13.8. The highest BCUT2D eigenvalue weighted by Crippen LogP contribution is 2.23. The monoisotopic (exact) mass is 263 g/mol. The van der Waals surface area contributed by atoms with Crippen molar-refractivity contribution < 1.29 is 4.74 Å². The Morgan fingerprint density at radius 3 is 2.75 bits per heavy atom. The van der Waals surface area contributed by atoms with Gasteiger partial charge in [-0.15, -0.1) is 11.5 Å². The molecule has 98 valence electrons. The summed E-state index contributed by atoms with van der Waals surface area (Å²) in [5.41, 5.74) is 2.84. The highest BCUT2D eigenvalue weighted by Gasteiger charge is 2.09. The lowest BCUT2D eigenvalue weighted by Gasteiger charge is -2.04. The first-order valence-electron chi connectivity index (χ1n) is 6.31. The van der Waals surface area contributed by atoms with E-state index in [1.165, 1.54) is 5.56 Å². The third-order valence-corrected chi connectivity index (χ3v) is 2.99. The molecule has 0 saturated heterocycles. The normalized spacial score (nSPS) is 10.3. The zero-order valence-electron chi connectivity index (χ0n) is 10.9. The molecule has 0 fully saturated rings. The van der Waals surface area contributed by atoms with Crippen LogP contribution in [0.2, 0.25) is 0 Å². The summed E-state index contributed by atoms with van der Waals surface area (Å²) in [6.07, 6.45) is 5.21. The molecule has 3 rings (SSSR count). The number of terminal acetylenes is 1. The zero-order valence-corrected chi connectivity index (χ0v) is 10.9. The van der Waals surface area contributed by atoms with E-state index in [0.717, 1.165) is 11.0 Å². The number of fused-ring (bicyclic) bond motifs is 1. The van der Waals surface area contributed by atoms with Crippen LogP contribution in [0, 0.1) is 12.3 Å². The van der Waals surface area contributed by atoms with Crippen LogP contribution in [-0.2, 0) is 6.54 Å². The summed E-state index contributed by atoms with van der Waals surface area (Å²) in [6.45, 7) is 0.903. The first-order valence-corrected chi connectivity index (χ1v) is 6.31.